The first-order valence-corrected chi connectivity index (χ1v) is 7.24. The maximum atomic E-state index is 13.2. The van der Waals surface area contributed by atoms with Crippen LogP contribution in [0.4, 0.5) is 4.39 Å². The predicted molar refractivity (Wildman–Crippen MR) is 75.7 cm³/mol. The Morgan fingerprint density at radius 1 is 1.39 bits per heavy atom. The van der Waals surface area contributed by atoms with Gasteiger partial charge in [-0.05, 0) is 37.5 Å². The first-order chi connectivity index (χ1) is 8.48. The SMILES string of the molecule is CCC(CC)(CBr)NC(=O)c1cc(F)ccc1C. The average Bonchev–Trinajstić information content (AvgIpc) is 2.38. The van der Waals surface area contributed by atoms with Crippen molar-refractivity contribution in [2.45, 2.75) is 39.2 Å². The summed E-state index contributed by atoms with van der Waals surface area (Å²) in [6.07, 6.45) is 1.66. The first kappa shape index (κ1) is 15.2. The van der Waals surface area contributed by atoms with Gasteiger partial charge in [-0.1, -0.05) is 35.8 Å². The molecule has 18 heavy (non-hydrogen) atoms. The standard InChI is InChI=1S/C14H19BrFNO/c1-4-14(5-2,9-15)17-13(18)12-8-11(16)7-6-10(12)3/h6-8H,4-5,9H2,1-3H3,(H,17,18). The zero-order chi connectivity index (χ0) is 13.8. The van der Waals surface area contributed by atoms with E-state index in [2.05, 4.69) is 21.2 Å². The van der Waals surface area contributed by atoms with Crippen molar-refractivity contribution in [2.24, 2.45) is 0 Å². The molecule has 4 heteroatoms. The summed E-state index contributed by atoms with van der Waals surface area (Å²) in [6, 6.07) is 4.27. The van der Waals surface area contributed by atoms with E-state index in [1.807, 2.05) is 20.8 Å². The van der Waals surface area contributed by atoms with Crippen LogP contribution in [0, 0.1) is 12.7 Å². The first-order valence-electron chi connectivity index (χ1n) is 6.12. The van der Waals surface area contributed by atoms with Gasteiger partial charge in [0.25, 0.3) is 5.91 Å². The summed E-state index contributed by atoms with van der Waals surface area (Å²) in [7, 11) is 0. The molecule has 0 bridgehead atoms. The van der Waals surface area contributed by atoms with Gasteiger partial charge >= 0.3 is 0 Å². The monoisotopic (exact) mass is 315 g/mol. The molecule has 0 spiro atoms. The summed E-state index contributed by atoms with van der Waals surface area (Å²) >= 11 is 3.44. The van der Waals surface area contributed by atoms with Crippen molar-refractivity contribution in [1.29, 1.82) is 0 Å². The third-order valence-electron chi connectivity index (χ3n) is 3.43. The van der Waals surface area contributed by atoms with Crippen LogP contribution >= 0.6 is 15.9 Å². The molecule has 1 aromatic carbocycles. The molecule has 1 amide bonds. The van der Waals surface area contributed by atoms with Crippen molar-refractivity contribution >= 4 is 21.8 Å². The molecule has 1 rings (SSSR count). The summed E-state index contributed by atoms with van der Waals surface area (Å²) in [5, 5.41) is 3.70. The summed E-state index contributed by atoms with van der Waals surface area (Å²) in [5.74, 6) is -0.599. The van der Waals surface area contributed by atoms with E-state index < -0.39 is 0 Å². The molecule has 0 aliphatic carbocycles. The van der Waals surface area contributed by atoms with E-state index in [9.17, 15) is 9.18 Å². The summed E-state index contributed by atoms with van der Waals surface area (Å²) in [6.45, 7) is 5.87. The number of halogens is 2. The van der Waals surface area contributed by atoms with Gasteiger partial charge in [0.1, 0.15) is 5.82 Å². The van der Waals surface area contributed by atoms with Crippen LogP contribution in [0.25, 0.3) is 0 Å². The summed E-state index contributed by atoms with van der Waals surface area (Å²) in [4.78, 5) is 12.2. The van der Waals surface area contributed by atoms with Crippen molar-refractivity contribution in [2.75, 3.05) is 5.33 Å². The van der Waals surface area contributed by atoms with Gasteiger partial charge in [0.2, 0.25) is 0 Å². The highest BCUT2D eigenvalue weighted by Gasteiger charge is 2.27. The smallest absolute Gasteiger partial charge is 0.252 e. The van der Waals surface area contributed by atoms with Gasteiger partial charge in [0.05, 0.1) is 0 Å². The number of nitrogens with one attached hydrogen (secondary N) is 1. The summed E-state index contributed by atoms with van der Waals surface area (Å²) < 4.78 is 13.2. The lowest BCUT2D eigenvalue weighted by Crippen LogP contribution is -2.49. The Morgan fingerprint density at radius 3 is 2.50 bits per heavy atom. The molecule has 0 atom stereocenters. The van der Waals surface area contributed by atoms with Gasteiger partial charge in [-0.2, -0.15) is 0 Å². The number of hydrogen-bond acceptors (Lipinski definition) is 1. The molecule has 1 N–H and O–H groups in total. The van der Waals surface area contributed by atoms with Crippen molar-refractivity contribution in [3.8, 4) is 0 Å². The fourth-order valence-corrected chi connectivity index (χ4v) is 2.73. The molecule has 100 valence electrons. The van der Waals surface area contributed by atoms with Crippen LogP contribution in [-0.2, 0) is 0 Å². The van der Waals surface area contributed by atoms with Crippen molar-refractivity contribution in [1.82, 2.24) is 5.32 Å². The number of carbonyl (C=O) groups is 1. The Bertz CT molecular complexity index is 422. The molecular weight excluding hydrogens is 297 g/mol. The number of rotatable bonds is 5. The molecule has 0 heterocycles. The van der Waals surface area contributed by atoms with E-state index >= 15 is 0 Å². The van der Waals surface area contributed by atoms with Crippen LogP contribution in [0.5, 0.6) is 0 Å². The predicted octanol–water partition coefficient (Wildman–Crippen LogP) is 3.82. The Kier molecular flexibility index (Phi) is 5.32. The lowest BCUT2D eigenvalue weighted by molar-refractivity contribution is 0.0902. The number of aryl methyl sites for hydroxylation is 1. The third kappa shape index (κ3) is 3.31. The maximum Gasteiger partial charge on any atom is 0.252 e. The minimum Gasteiger partial charge on any atom is -0.346 e. The lowest BCUT2D eigenvalue weighted by Gasteiger charge is -2.31. The van der Waals surface area contributed by atoms with Gasteiger partial charge in [0, 0.05) is 16.4 Å². The molecule has 0 radical (unpaired) electrons. The van der Waals surface area contributed by atoms with Crippen LogP contribution in [0.2, 0.25) is 0 Å². The fraction of sp³-hybridized carbons (Fsp3) is 0.500. The Balaban J connectivity index is 2.97. The zero-order valence-corrected chi connectivity index (χ0v) is 12.6. The molecular formula is C14H19BrFNO. The van der Waals surface area contributed by atoms with Crippen LogP contribution in [0.3, 0.4) is 0 Å². The molecule has 1 aromatic rings. The van der Waals surface area contributed by atoms with Crippen molar-refractivity contribution < 1.29 is 9.18 Å². The molecule has 0 saturated heterocycles. The van der Waals surface area contributed by atoms with Gasteiger partial charge in [-0.15, -0.1) is 0 Å². The van der Waals surface area contributed by atoms with E-state index in [0.29, 0.717) is 10.9 Å². The highest BCUT2D eigenvalue weighted by atomic mass is 79.9. The second-order valence-corrected chi connectivity index (χ2v) is 5.10. The van der Waals surface area contributed by atoms with Gasteiger partial charge in [-0.3, -0.25) is 4.79 Å². The van der Waals surface area contributed by atoms with E-state index in [1.54, 1.807) is 6.07 Å². The molecule has 2 nitrogen and oxygen atoms in total. The van der Waals surface area contributed by atoms with Crippen molar-refractivity contribution in [3.05, 3.63) is 35.1 Å². The molecule has 0 fully saturated rings. The van der Waals surface area contributed by atoms with E-state index in [-0.39, 0.29) is 17.3 Å². The minimum absolute atomic E-state index is 0.213. The van der Waals surface area contributed by atoms with Crippen molar-refractivity contribution in [3.63, 3.8) is 0 Å². The van der Waals surface area contributed by atoms with Crippen LogP contribution in [0.15, 0.2) is 18.2 Å². The number of amides is 1. The average molecular weight is 316 g/mol. The summed E-state index contributed by atoms with van der Waals surface area (Å²) in [5.41, 5.74) is 0.919. The van der Waals surface area contributed by atoms with Gasteiger partial charge in [-0.25, -0.2) is 4.39 Å². The second-order valence-electron chi connectivity index (χ2n) is 4.53. The number of benzene rings is 1. The number of hydrogen-bond donors (Lipinski definition) is 1. The van der Waals surface area contributed by atoms with E-state index in [4.69, 9.17) is 0 Å². The third-order valence-corrected chi connectivity index (χ3v) is 4.51. The van der Waals surface area contributed by atoms with Gasteiger partial charge in [0.15, 0.2) is 0 Å². The number of carbonyl (C=O) groups excluding carboxylic acids is 1. The molecule has 0 unspecified atom stereocenters. The topological polar surface area (TPSA) is 29.1 Å². The highest BCUT2D eigenvalue weighted by molar-refractivity contribution is 9.09. The Morgan fingerprint density at radius 2 is 2.00 bits per heavy atom. The minimum atomic E-state index is -0.386. The second kappa shape index (κ2) is 6.32. The van der Waals surface area contributed by atoms with E-state index in [1.165, 1.54) is 12.1 Å². The van der Waals surface area contributed by atoms with Crippen LogP contribution in [0.1, 0.15) is 42.6 Å². The van der Waals surface area contributed by atoms with Crippen LogP contribution in [-0.4, -0.2) is 16.8 Å². The zero-order valence-electron chi connectivity index (χ0n) is 11.0. The molecule has 0 aromatic heterocycles. The normalized spacial score (nSPS) is 11.4. The molecule has 0 aliphatic rings. The van der Waals surface area contributed by atoms with Crippen LogP contribution < -0.4 is 5.32 Å². The largest absolute Gasteiger partial charge is 0.346 e. The quantitative estimate of drug-likeness (QED) is 0.822. The van der Waals surface area contributed by atoms with E-state index in [0.717, 1.165) is 18.4 Å². The Labute approximate surface area is 116 Å². The highest BCUT2D eigenvalue weighted by Crippen LogP contribution is 2.20. The lowest BCUT2D eigenvalue weighted by atomic mass is 9.94. The fourth-order valence-electron chi connectivity index (χ4n) is 1.80. The molecule has 0 saturated carbocycles. The Hall–Kier alpha value is -0.900. The molecule has 0 aliphatic heterocycles. The number of alkyl halides is 1. The van der Waals surface area contributed by atoms with Gasteiger partial charge < -0.3 is 5.32 Å². The maximum absolute atomic E-state index is 13.2.